The van der Waals surface area contributed by atoms with Crippen LogP contribution in [-0.4, -0.2) is 24.2 Å². The summed E-state index contributed by atoms with van der Waals surface area (Å²) in [6.45, 7) is 6.46. The Kier molecular flexibility index (Phi) is 7.20. The molecule has 2 atom stereocenters. The number of hydrogen-bond acceptors (Lipinski definition) is 3. The van der Waals surface area contributed by atoms with Crippen molar-refractivity contribution in [2.45, 2.75) is 46.3 Å². The van der Waals surface area contributed by atoms with Crippen LogP contribution in [0.3, 0.4) is 0 Å². The van der Waals surface area contributed by atoms with Gasteiger partial charge in [-0.2, -0.15) is 0 Å². The first-order valence-electron chi connectivity index (χ1n) is 5.11. The molecule has 4 nitrogen and oxygen atoms in total. The van der Waals surface area contributed by atoms with Crippen molar-refractivity contribution in [3.05, 3.63) is 0 Å². The molecule has 0 fully saturated rings. The molecule has 0 aromatic carbocycles. The lowest BCUT2D eigenvalue weighted by Gasteiger charge is -2.19. The van der Waals surface area contributed by atoms with Gasteiger partial charge < -0.3 is 14.6 Å². The van der Waals surface area contributed by atoms with Crippen LogP contribution < -0.4 is 0 Å². The topological polar surface area (TPSA) is 55.8 Å². The lowest BCUT2D eigenvalue weighted by Crippen LogP contribution is -2.23. The van der Waals surface area contributed by atoms with Gasteiger partial charge in [0.05, 0.1) is 0 Å². The molecule has 0 aliphatic heterocycles. The minimum atomic E-state index is -1.27. The molecule has 0 heterocycles. The van der Waals surface area contributed by atoms with Crippen molar-refractivity contribution in [1.29, 1.82) is 0 Å². The first kappa shape index (κ1) is 13.2. The van der Waals surface area contributed by atoms with Gasteiger partial charge in [0.2, 0.25) is 6.29 Å². The van der Waals surface area contributed by atoms with Gasteiger partial charge in [-0.1, -0.05) is 26.7 Å². The smallest absolute Gasteiger partial charge is 0.450 e. The lowest BCUT2D eigenvalue weighted by atomic mass is 10.0. The highest BCUT2D eigenvalue weighted by Crippen LogP contribution is 2.15. The minimum Gasteiger partial charge on any atom is -0.450 e. The Hall–Kier alpha value is -0.770. The van der Waals surface area contributed by atoms with E-state index >= 15 is 0 Å². The highest BCUT2D eigenvalue weighted by atomic mass is 16.8. The maximum Gasteiger partial charge on any atom is 0.508 e. The van der Waals surface area contributed by atoms with E-state index in [1.807, 2.05) is 6.92 Å². The maximum absolute atomic E-state index is 10.3. The van der Waals surface area contributed by atoms with Crippen LogP contribution >= 0.6 is 0 Å². The van der Waals surface area contributed by atoms with Gasteiger partial charge >= 0.3 is 6.16 Å². The van der Waals surface area contributed by atoms with Gasteiger partial charge in [0.15, 0.2) is 0 Å². The Bertz CT molecular complexity index is 158. The van der Waals surface area contributed by atoms with Gasteiger partial charge in [-0.05, 0) is 12.8 Å². The first-order chi connectivity index (χ1) is 6.60. The normalized spacial score (nSPS) is 14.8. The van der Waals surface area contributed by atoms with Crippen LogP contribution in [0.1, 0.15) is 40.0 Å². The molecule has 0 spiro atoms. The Morgan fingerprint density at radius 1 is 1.43 bits per heavy atom. The summed E-state index contributed by atoms with van der Waals surface area (Å²) < 4.78 is 9.77. The van der Waals surface area contributed by atoms with E-state index < -0.39 is 12.4 Å². The lowest BCUT2D eigenvalue weighted by molar-refractivity contribution is -0.122. The quantitative estimate of drug-likeness (QED) is 0.511. The number of carboxylic acid groups (broad SMARTS) is 1. The zero-order valence-electron chi connectivity index (χ0n) is 9.16. The van der Waals surface area contributed by atoms with Crippen molar-refractivity contribution in [1.82, 2.24) is 0 Å². The molecule has 0 rings (SSSR count). The highest BCUT2D eigenvalue weighted by Gasteiger charge is 2.16. The number of rotatable bonds is 7. The molecule has 0 amide bonds. The first-order valence-corrected chi connectivity index (χ1v) is 5.11. The Balaban J connectivity index is 3.87. The van der Waals surface area contributed by atoms with Crippen molar-refractivity contribution in [2.24, 2.45) is 5.92 Å². The summed E-state index contributed by atoms with van der Waals surface area (Å²) >= 11 is 0. The van der Waals surface area contributed by atoms with Crippen molar-refractivity contribution >= 4 is 6.16 Å². The van der Waals surface area contributed by atoms with Gasteiger partial charge in [0, 0.05) is 13.0 Å². The number of hydrogen-bond donors (Lipinski definition) is 1. The van der Waals surface area contributed by atoms with Crippen molar-refractivity contribution in [3.8, 4) is 0 Å². The van der Waals surface area contributed by atoms with Crippen molar-refractivity contribution in [2.75, 3.05) is 6.61 Å². The fourth-order valence-electron chi connectivity index (χ4n) is 1.39. The van der Waals surface area contributed by atoms with Crippen LogP contribution in [0, 0.1) is 5.92 Å². The molecular weight excluding hydrogens is 184 g/mol. The third-order valence-electron chi connectivity index (χ3n) is 1.96. The van der Waals surface area contributed by atoms with Gasteiger partial charge in [0.1, 0.15) is 0 Å². The van der Waals surface area contributed by atoms with E-state index in [2.05, 4.69) is 18.6 Å². The standard InChI is InChI=1S/C10H20O4/c1-4-6-8(3)7-9(13-5-2)14-10(11)12/h8-9H,4-7H2,1-3H3,(H,11,12). The third-order valence-corrected chi connectivity index (χ3v) is 1.96. The SMILES string of the molecule is CCCC(C)CC(OCC)OC(=O)O. The Morgan fingerprint density at radius 3 is 2.50 bits per heavy atom. The minimum absolute atomic E-state index is 0.427. The summed E-state index contributed by atoms with van der Waals surface area (Å²) in [6.07, 6.45) is 0.902. The Morgan fingerprint density at radius 2 is 2.07 bits per heavy atom. The molecule has 0 aliphatic rings. The molecule has 0 bridgehead atoms. The summed E-state index contributed by atoms with van der Waals surface area (Å²) in [7, 11) is 0. The summed E-state index contributed by atoms with van der Waals surface area (Å²) in [4.78, 5) is 10.3. The molecule has 84 valence electrons. The molecule has 0 saturated carbocycles. The second-order valence-corrected chi connectivity index (χ2v) is 3.40. The van der Waals surface area contributed by atoms with Crippen molar-refractivity contribution < 1.29 is 19.4 Å². The monoisotopic (exact) mass is 204 g/mol. The zero-order chi connectivity index (χ0) is 11.0. The zero-order valence-corrected chi connectivity index (χ0v) is 9.16. The van der Waals surface area contributed by atoms with E-state index in [0.717, 1.165) is 12.8 Å². The van der Waals surface area contributed by atoms with Gasteiger partial charge in [-0.15, -0.1) is 0 Å². The second-order valence-electron chi connectivity index (χ2n) is 3.40. The Labute approximate surface area is 85.2 Å². The van der Waals surface area contributed by atoms with Crippen LogP contribution in [0.2, 0.25) is 0 Å². The summed E-state index contributed by atoms with van der Waals surface area (Å²) in [6, 6.07) is 0. The summed E-state index contributed by atoms with van der Waals surface area (Å²) in [5.41, 5.74) is 0. The van der Waals surface area contributed by atoms with Crippen LogP contribution in [-0.2, 0) is 9.47 Å². The van der Waals surface area contributed by atoms with E-state index in [4.69, 9.17) is 9.84 Å². The summed E-state index contributed by atoms with van der Waals surface area (Å²) in [5, 5.41) is 8.45. The van der Waals surface area contributed by atoms with Gasteiger partial charge in [-0.25, -0.2) is 4.79 Å². The predicted octanol–water partition coefficient (Wildman–Crippen LogP) is 2.87. The fraction of sp³-hybridized carbons (Fsp3) is 0.900. The molecule has 0 saturated heterocycles. The van der Waals surface area contributed by atoms with Crippen LogP contribution in [0.5, 0.6) is 0 Å². The number of ether oxygens (including phenoxy) is 2. The van der Waals surface area contributed by atoms with Crippen molar-refractivity contribution in [3.63, 3.8) is 0 Å². The molecule has 0 radical (unpaired) electrons. The predicted molar refractivity (Wildman–Crippen MR) is 53.2 cm³/mol. The van der Waals surface area contributed by atoms with Crippen LogP contribution in [0.4, 0.5) is 4.79 Å². The van der Waals surface area contributed by atoms with E-state index in [-0.39, 0.29) is 0 Å². The average molecular weight is 204 g/mol. The molecule has 4 heteroatoms. The molecule has 0 aromatic heterocycles. The molecule has 0 aliphatic carbocycles. The molecule has 1 N–H and O–H groups in total. The number of carbonyl (C=O) groups is 1. The summed E-state index contributed by atoms with van der Waals surface area (Å²) in [5.74, 6) is 0.427. The molecule has 14 heavy (non-hydrogen) atoms. The van der Waals surface area contributed by atoms with E-state index in [1.165, 1.54) is 0 Å². The van der Waals surface area contributed by atoms with Gasteiger partial charge in [0.25, 0.3) is 0 Å². The van der Waals surface area contributed by atoms with E-state index in [1.54, 1.807) is 0 Å². The van der Waals surface area contributed by atoms with E-state index in [0.29, 0.717) is 18.9 Å². The third kappa shape index (κ3) is 6.71. The average Bonchev–Trinajstić information content (AvgIpc) is 2.03. The van der Waals surface area contributed by atoms with Crippen LogP contribution in [0.15, 0.2) is 0 Å². The molecular formula is C10H20O4. The van der Waals surface area contributed by atoms with Gasteiger partial charge in [-0.3, -0.25) is 0 Å². The second kappa shape index (κ2) is 7.62. The highest BCUT2D eigenvalue weighted by molar-refractivity contribution is 5.56. The maximum atomic E-state index is 10.3. The largest absolute Gasteiger partial charge is 0.508 e. The fourth-order valence-corrected chi connectivity index (χ4v) is 1.39. The van der Waals surface area contributed by atoms with E-state index in [9.17, 15) is 4.79 Å². The van der Waals surface area contributed by atoms with Crippen LogP contribution in [0.25, 0.3) is 0 Å². The molecule has 2 unspecified atom stereocenters. The molecule has 0 aromatic rings.